The lowest BCUT2D eigenvalue weighted by molar-refractivity contribution is -0.141. The molecule has 2 heterocycles. The van der Waals surface area contributed by atoms with Gasteiger partial charge in [0.25, 0.3) is 11.8 Å². The molecule has 0 aliphatic carbocycles. The van der Waals surface area contributed by atoms with Crippen LogP contribution in [0.1, 0.15) is 42.4 Å². The van der Waals surface area contributed by atoms with Gasteiger partial charge in [-0.25, -0.2) is 0 Å². The molecule has 0 radical (unpaired) electrons. The van der Waals surface area contributed by atoms with Crippen LogP contribution in [0.4, 0.5) is 0 Å². The van der Waals surface area contributed by atoms with E-state index in [1.165, 1.54) is 17.6 Å². The standard InChI is InChI=1S/C28H28N2O7S2/c1-17-6-8-18(9-7-17)16-37-21-11-10-19(13-22(21)36-2)14-23-27(35)30(28(38)39-23)20-15-24(31)29(26(20)34)12-4-3-5-25(32)33/h6-11,13-14,20H,3-5,12,15-16H2,1-2H3,(H,32,33)/b23-14-. The van der Waals surface area contributed by atoms with Crippen LogP contribution in [0.25, 0.3) is 6.08 Å². The molecule has 9 nitrogen and oxygen atoms in total. The molecule has 204 valence electrons. The Morgan fingerprint density at radius 1 is 1.13 bits per heavy atom. The molecule has 39 heavy (non-hydrogen) atoms. The van der Waals surface area contributed by atoms with E-state index in [2.05, 4.69) is 0 Å². The average molecular weight is 569 g/mol. The van der Waals surface area contributed by atoms with Gasteiger partial charge in [-0.3, -0.25) is 29.0 Å². The number of aliphatic carboxylic acids is 1. The molecule has 1 N–H and O–H groups in total. The Morgan fingerprint density at radius 3 is 2.56 bits per heavy atom. The van der Waals surface area contributed by atoms with E-state index in [-0.39, 0.29) is 23.7 Å². The Bertz CT molecular complexity index is 1340. The number of amides is 3. The van der Waals surface area contributed by atoms with Gasteiger partial charge >= 0.3 is 5.97 Å². The maximum atomic E-state index is 13.3. The van der Waals surface area contributed by atoms with Crippen LogP contribution in [0.2, 0.25) is 0 Å². The van der Waals surface area contributed by atoms with Crippen LogP contribution in [0.15, 0.2) is 47.4 Å². The van der Waals surface area contributed by atoms with Gasteiger partial charge in [-0.15, -0.1) is 0 Å². The second-order valence-corrected chi connectivity index (χ2v) is 10.9. The van der Waals surface area contributed by atoms with E-state index in [1.54, 1.807) is 24.3 Å². The predicted octanol–water partition coefficient (Wildman–Crippen LogP) is 4.17. The van der Waals surface area contributed by atoms with E-state index in [1.807, 2.05) is 31.2 Å². The van der Waals surface area contributed by atoms with Crippen molar-refractivity contribution in [3.8, 4) is 11.5 Å². The molecule has 2 aromatic rings. The number of carboxylic acid groups (broad SMARTS) is 1. The van der Waals surface area contributed by atoms with Crippen molar-refractivity contribution in [3.63, 3.8) is 0 Å². The van der Waals surface area contributed by atoms with Gasteiger partial charge in [0.15, 0.2) is 11.5 Å². The van der Waals surface area contributed by atoms with Crippen molar-refractivity contribution in [2.75, 3.05) is 13.7 Å². The number of carbonyl (C=O) groups is 4. The third kappa shape index (κ3) is 6.66. The highest BCUT2D eigenvalue weighted by atomic mass is 32.2. The van der Waals surface area contributed by atoms with Crippen LogP contribution in [-0.4, -0.2) is 62.6 Å². The molecule has 0 bridgehead atoms. The van der Waals surface area contributed by atoms with E-state index >= 15 is 0 Å². The van der Waals surface area contributed by atoms with Crippen LogP contribution in [-0.2, 0) is 25.8 Å². The Balaban J connectivity index is 1.43. The summed E-state index contributed by atoms with van der Waals surface area (Å²) in [5.41, 5.74) is 2.87. The Morgan fingerprint density at radius 2 is 1.87 bits per heavy atom. The second-order valence-electron chi connectivity index (χ2n) is 9.19. The third-order valence-corrected chi connectivity index (χ3v) is 7.71. The lowest BCUT2D eigenvalue weighted by Crippen LogP contribution is -2.44. The number of carboxylic acids is 1. The lowest BCUT2D eigenvalue weighted by Gasteiger charge is -2.21. The maximum absolute atomic E-state index is 13.3. The molecule has 2 saturated heterocycles. The van der Waals surface area contributed by atoms with E-state index in [9.17, 15) is 19.2 Å². The fourth-order valence-electron chi connectivity index (χ4n) is 4.29. The summed E-state index contributed by atoms with van der Waals surface area (Å²) < 4.78 is 11.6. The van der Waals surface area contributed by atoms with Gasteiger partial charge in [0.2, 0.25) is 5.91 Å². The summed E-state index contributed by atoms with van der Waals surface area (Å²) in [6.07, 6.45) is 2.19. The summed E-state index contributed by atoms with van der Waals surface area (Å²) in [5.74, 6) is -1.21. The lowest BCUT2D eigenvalue weighted by atomic mass is 10.1. The first kappa shape index (κ1) is 28.3. The van der Waals surface area contributed by atoms with E-state index in [4.69, 9.17) is 26.8 Å². The second kappa shape index (κ2) is 12.4. The zero-order valence-corrected chi connectivity index (χ0v) is 23.2. The van der Waals surface area contributed by atoms with Crippen LogP contribution < -0.4 is 9.47 Å². The molecule has 2 aromatic carbocycles. The molecular weight excluding hydrogens is 540 g/mol. The number of methoxy groups -OCH3 is 1. The van der Waals surface area contributed by atoms with Gasteiger partial charge in [0.1, 0.15) is 17.0 Å². The molecular formula is C28H28N2O7S2. The third-order valence-electron chi connectivity index (χ3n) is 6.38. The van der Waals surface area contributed by atoms with Crippen molar-refractivity contribution in [2.45, 2.75) is 45.3 Å². The molecule has 2 aliphatic rings. The molecule has 0 saturated carbocycles. The Labute approximate surface area is 235 Å². The molecule has 0 aromatic heterocycles. The highest BCUT2D eigenvalue weighted by molar-refractivity contribution is 8.26. The number of hydrogen-bond donors (Lipinski definition) is 1. The fraction of sp³-hybridized carbons (Fsp3) is 0.321. The number of hydrogen-bond acceptors (Lipinski definition) is 8. The number of thioether (sulfide) groups is 1. The Kier molecular flexibility index (Phi) is 9.03. The van der Waals surface area contributed by atoms with Crippen molar-refractivity contribution >= 4 is 58.1 Å². The first-order valence-corrected chi connectivity index (χ1v) is 13.6. The number of unbranched alkanes of at least 4 members (excludes halogenated alkanes) is 1. The van der Waals surface area contributed by atoms with Gasteiger partial charge in [-0.1, -0.05) is 59.9 Å². The quantitative estimate of drug-likeness (QED) is 0.185. The molecule has 11 heteroatoms. The van der Waals surface area contributed by atoms with Crippen LogP contribution >= 0.6 is 24.0 Å². The number of nitrogens with zero attached hydrogens (tertiary/aromatic N) is 2. The topological polar surface area (TPSA) is 113 Å². The summed E-state index contributed by atoms with van der Waals surface area (Å²) in [5, 5.41) is 8.77. The molecule has 1 atom stereocenters. The minimum absolute atomic E-state index is 0.0379. The van der Waals surface area contributed by atoms with Crippen LogP contribution in [0.3, 0.4) is 0 Å². The number of ether oxygens (including phenoxy) is 2. The molecule has 2 fully saturated rings. The monoisotopic (exact) mass is 568 g/mol. The average Bonchev–Trinajstić information content (AvgIpc) is 3.34. The molecule has 1 unspecified atom stereocenters. The van der Waals surface area contributed by atoms with E-state index in [0.29, 0.717) is 41.4 Å². The van der Waals surface area contributed by atoms with Gasteiger partial charge in [0, 0.05) is 13.0 Å². The first-order valence-electron chi connectivity index (χ1n) is 12.4. The number of likely N-dealkylation sites (tertiary alicyclic amines) is 1. The molecule has 4 rings (SSSR count). The normalized spacial score (nSPS) is 18.4. The minimum Gasteiger partial charge on any atom is -0.493 e. The number of rotatable bonds is 11. The molecule has 2 aliphatic heterocycles. The predicted molar refractivity (Wildman–Crippen MR) is 150 cm³/mol. The molecule has 0 spiro atoms. The largest absolute Gasteiger partial charge is 0.493 e. The van der Waals surface area contributed by atoms with E-state index in [0.717, 1.165) is 22.2 Å². The highest BCUT2D eigenvalue weighted by Crippen LogP contribution is 2.38. The fourth-order valence-corrected chi connectivity index (χ4v) is 5.64. The van der Waals surface area contributed by atoms with Crippen molar-refractivity contribution in [1.29, 1.82) is 0 Å². The number of imide groups is 1. The minimum atomic E-state index is -0.998. The SMILES string of the molecule is COc1cc(/C=C2\SC(=S)N(C3CC(=O)N(CCCCC(=O)O)C3=O)C2=O)ccc1OCc1ccc(C)cc1. The molecule has 3 amide bonds. The van der Waals surface area contributed by atoms with Crippen LogP contribution in [0, 0.1) is 6.92 Å². The summed E-state index contributed by atoms with van der Waals surface area (Å²) in [7, 11) is 1.54. The van der Waals surface area contributed by atoms with Crippen molar-refractivity contribution in [3.05, 3.63) is 64.1 Å². The van der Waals surface area contributed by atoms with Crippen molar-refractivity contribution in [1.82, 2.24) is 9.80 Å². The summed E-state index contributed by atoms with van der Waals surface area (Å²) >= 11 is 6.47. The summed E-state index contributed by atoms with van der Waals surface area (Å²) in [6, 6.07) is 12.3. The zero-order valence-electron chi connectivity index (χ0n) is 21.5. The number of thiocarbonyl (C=S) groups is 1. The van der Waals surface area contributed by atoms with Gasteiger partial charge in [-0.2, -0.15) is 0 Å². The van der Waals surface area contributed by atoms with Crippen LogP contribution in [0.5, 0.6) is 11.5 Å². The van der Waals surface area contributed by atoms with Gasteiger partial charge in [-0.05, 0) is 49.1 Å². The van der Waals surface area contributed by atoms with Gasteiger partial charge < -0.3 is 14.6 Å². The van der Waals surface area contributed by atoms with E-state index < -0.39 is 29.7 Å². The maximum Gasteiger partial charge on any atom is 0.303 e. The van der Waals surface area contributed by atoms with Crippen molar-refractivity contribution < 1.29 is 33.8 Å². The number of benzene rings is 2. The highest BCUT2D eigenvalue weighted by Gasteiger charge is 2.48. The first-order chi connectivity index (χ1) is 18.7. The zero-order chi connectivity index (χ0) is 28.1. The summed E-state index contributed by atoms with van der Waals surface area (Å²) in [6.45, 7) is 2.51. The van der Waals surface area contributed by atoms with Gasteiger partial charge in [0.05, 0.1) is 18.4 Å². The van der Waals surface area contributed by atoms with Crippen molar-refractivity contribution in [2.24, 2.45) is 0 Å². The summed E-state index contributed by atoms with van der Waals surface area (Å²) in [4.78, 5) is 52.0. The smallest absolute Gasteiger partial charge is 0.303 e. The number of aryl methyl sites for hydroxylation is 1. The number of carbonyl (C=O) groups excluding carboxylic acids is 3. The Hall–Kier alpha value is -3.70.